The Kier molecular flexibility index (Phi) is 3.95. The van der Waals surface area contributed by atoms with Crippen LogP contribution in [0.15, 0.2) is 0 Å². The highest BCUT2D eigenvalue weighted by Crippen LogP contribution is 2.40. The molecule has 18 heavy (non-hydrogen) atoms. The smallest absolute Gasteiger partial charge is 0.216 e. The molecule has 0 aromatic heterocycles. The maximum absolute atomic E-state index is 11.2. The lowest BCUT2D eigenvalue weighted by molar-refractivity contribution is 0.195. The van der Waals surface area contributed by atoms with Crippen molar-refractivity contribution in [3.05, 3.63) is 0 Å². The van der Waals surface area contributed by atoms with Crippen LogP contribution in [0.2, 0.25) is 0 Å². The van der Waals surface area contributed by atoms with Gasteiger partial charge in [-0.25, -0.2) is 5.14 Å². The molecule has 6 heteroatoms. The van der Waals surface area contributed by atoms with Crippen molar-refractivity contribution in [2.75, 3.05) is 13.1 Å². The highest BCUT2D eigenvalue weighted by Gasteiger charge is 2.37. The van der Waals surface area contributed by atoms with Crippen LogP contribution in [-0.2, 0) is 10.2 Å². The molecule has 1 heterocycles. The van der Waals surface area contributed by atoms with Crippen LogP contribution in [0.1, 0.15) is 44.9 Å². The molecule has 2 N–H and O–H groups in total. The molecule has 1 aliphatic heterocycles. The first-order valence-electron chi connectivity index (χ1n) is 6.64. The molecule has 0 spiro atoms. The van der Waals surface area contributed by atoms with Crippen LogP contribution in [0.25, 0.3) is 0 Å². The molecule has 0 atom stereocenters. The Morgan fingerprint density at radius 1 is 1.33 bits per heavy atom. The summed E-state index contributed by atoms with van der Waals surface area (Å²) in [6, 6.07) is 2.42. The minimum Gasteiger partial charge on any atom is -0.216 e. The maximum Gasteiger partial charge on any atom is 0.276 e. The van der Waals surface area contributed by atoms with E-state index in [1.54, 1.807) is 0 Å². The molecule has 2 aliphatic rings. The van der Waals surface area contributed by atoms with Gasteiger partial charge in [0.1, 0.15) is 0 Å². The summed E-state index contributed by atoms with van der Waals surface area (Å²) in [6.07, 6.45) is 7.14. The Balaban J connectivity index is 1.84. The van der Waals surface area contributed by atoms with Crippen molar-refractivity contribution in [2.24, 2.45) is 16.5 Å². The third-order valence-corrected chi connectivity index (χ3v) is 5.33. The van der Waals surface area contributed by atoms with Crippen LogP contribution in [-0.4, -0.2) is 25.8 Å². The second-order valence-electron chi connectivity index (χ2n) is 5.67. The van der Waals surface area contributed by atoms with Crippen LogP contribution in [0.5, 0.6) is 0 Å². The number of nitrogens with two attached hydrogens (primary N) is 1. The van der Waals surface area contributed by atoms with Crippen LogP contribution in [0.4, 0.5) is 0 Å². The summed E-state index contributed by atoms with van der Waals surface area (Å²) in [7, 11) is -3.58. The Labute approximate surface area is 109 Å². The van der Waals surface area contributed by atoms with E-state index in [-0.39, 0.29) is 5.41 Å². The number of nitriles is 1. The van der Waals surface area contributed by atoms with E-state index in [1.807, 2.05) is 0 Å². The molecular weight excluding hydrogens is 250 g/mol. The van der Waals surface area contributed by atoms with Crippen LogP contribution in [0.3, 0.4) is 0 Å². The molecule has 0 aromatic rings. The quantitative estimate of drug-likeness (QED) is 0.819. The molecule has 2 rings (SSSR count). The predicted octanol–water partition coefficient (Wildman–Crippen LogP) is 1.38. The van der Waals surface area contributed by atoms with E-state index in [0.717, 1.165) is 18.8 Å². The number of nitrogens with zero attached hydrogens (tertiary/aromatic N) is 2. The summed E-state index contributed by atoms with van der Waals surface area (Å²) in [4.78, 5) is 0. The predicted molar refractivity (Wildman–Crippen MR) is 68.5 cm³/mol. The number of rotatable bonds is 5. The van der Waals surface area contributed by atoms with Crippen molar-refractivity contribution in [2.45, 2.75) is 44.9 Å². The van der Waals surface area contributed by atoms with Crippen molar-refractivity contribution in [3.8, 4) is 6.07 Å². The molecule has 1 saturated heterocycles. The number of hydrogen-bond acceptors (Lipinski definition) is 3. The van der Waals surface area contributed by atoms with E-state index < -0.39 is 10.2 Å². The van der Waals surface area contributed by atoms with Gasteiger partial charge < -0.3 is 0 Å². The third kappa shape index (κ3) is 3.44. The second kappa shape index (κ2) is 5.16. The maximum atomic E-state index is 11.2. The zero-order chi connectivity index (χ0) is 13.2. The zero-order valence-electron chi connectivity index (χ0n) is 10.6. The van der Waals surface area contributed by atoms with Gasteiger partial charge in [-0.2, -0.15) is 18.0 Å². The first kappa shape index (κ1) is 13.8. The molecule has 1 aliphatic carbocycles. The van der Waals surface area contributed by atoms with E-state index >= 15 is 0 Å². The van der Waals surface area contributed by atoms with Crippen molar-refractivity contribution >= 4 is 10.2 Å². The molecule has 0 aromatic carbocycles. The Morgan fingerprint density at radius 3 is 2.39 bits per heavy atom. The second-order valence-corrected chi connectivity index (χ2v) is 7.22. The summed E-state index contributed by atoms with van der Waals surface area (Å²) in [5.41, 5.74) is -0.323. The summed E-state index contributed by atoms with van der Waals surface area (Å²) >= 11 is 0. The fraction of sp³-hybridized carbons (Fsp3) is 0.917. The standard InChI is InChI=1S/C12H21N3O2S/c13-10-12(5-1-2-11-3-4-11)6-8-15(9-7-12)18(14,16)17/h11H,1-9H2,(H2,14,16,17). The molecule has 0 bridgehead atoms. The third-order valence-electron chi connectivity index (χ3n) is 4.24. The van der Waals surface area contributed by atoms with E-state index in [4.69, 9.17) is 5.14 Å². The molecule has 0 amide bonds. The van der Waals surface area contributed by atoms with Crippen molar-refractivity contribution in [1.29, 1.82) is 5.26 Å². The highest BCUT2D eigenvalue weighted by atomic mass is 32.2. The van der Waals surface area contributed by atoms with Gasteiger partial charge in [-0.3, -0.25) is 0 Å². The van der Waals surface area contributed by atoms with Crippen LogP contribution < -0.4 is 5.14 Å². The minimum atomic E-state index is -3.58. The summed E-state index contributed by atoms with van der Waals surface area (Å²) < 4.78 is 23.7. The lowest BCUT2D eigenvalue weighted by Gasteiger charge is -2.35. The van der Waals surface area contributed by atoms with Crippen molar-refractivity contribution in [1.82, 2.24) is 4.31 Å². The molecule has 0 unspecified atom stereocenters. The average molecular weight is 271 g/mol. The summed E-state index contributed by atoms with van der Waals surface area (Å²) in [5, 5.41) is 14.5. The fourth-order valence-electron chi connectivity index (χ4n) is 2.72. The van der Waals surface area contributed by atoms with Crippen molar-refractivity contribution in [3.63, 3.8) is 0 Å². The van der Waals surface area contributed by atoms with Gasteiger partial charge in [0.05, 0.1) is 11.5 Å². The summed E-state index contributed by atoms with van der Waals surface area (Å²) in [5.74, 6) is 0.894. The highest BCUT2D eigenvalue weighted by molar-refractivity contribution is 7.86. The van der Waals surface area contributed by atoms with Gasteiger partial charge in [0.2, 0.25) is 0 Å². The molecule has 5 nitrogen and oxygen atoms in total. The van der Waals surface area contributed by atoms with E-state index in [2.05, 4.69) is 6.07 Å². The zero-order valence-corrected chi connectivity index (χ0v) is 11.5. The first-order valence-corrected chi connectivity index (χ1v) is 8.15. The number of hydrogen-bond donors (Lipinski definition) is 1. The summed E-state index contributed by atoms with van der Waals surface area (Å²) in [6.45, 7) is 0.769. The first-order chi connectivity index (χ1) is 8.45. The Bertz CT molecular complexity index is 429. The van der Waals surface area contributed by atoms with Gasteiger partial charge in [0.15, 0.2) is 0 Å². The molecule has 1 saturated carbocycles. The fourth-order valence-corrected chi connectivity index (χ4v) is 3.41. The molecule has 0 radical (unpaired) electrons. The van der Waals surface area contributed by atoms with Crippen molar-refractivity contribution < 1.29 is 8.42 Å². The minimum absolute atomic E-state index is 0.323. The van der Waals surface area contributed by atoms with Gasteiger partial charge in [0, 0.05) is 13.1 Å². The van der Waals surface area contributed by atoms with Gasteiger partial charge in [-0.1, -0.05) is 25.7 Å². The van der Waals surface area contributed by atoms with Gasteiger partial charge in [-0.15, -0.1) is 0 Å². The number of piperidine rings is 1. The Morgan fingerprint density at radius 2 is 1.94 bits per heavy atom. The molecule has 102 valence electrons. The van der Waals surface area contributed by atoms with Gasteiger partial charge >= 0.3 is 0 Å². The van der Waals surface area contributed by atoms with Gasteiger partial charge in [0.25, 0.3) is 10.2 Å². The lowest BCUT2D eigenvalue weighted by Crippen LogP contribution is -2.45. The molecular formula is C12H21N3O2S. The van der Waals surface area contributed by atoms with Gasteiger partial charge in [-0.05, 0) is 25.2 Å². The topological polar surface area (TPSA) is 87.2 Å². The lowest BCUT2D eigenvalue weighted by atomic mass is 9.76. The average Bonchev–Trinajstić information content (AvgIpc) is 3.12. The SMILES string of the molecule is N#CC1(CCCC2CC2)CCN(S(N)(=O)=O)CC1. The normalized spacial score (nSPS) is 24.7. The van der Waals surface area contributed by atoms with E-state index in [0.29, 0.717) is 25.9 Å². The van der Waals surface area contributed by atoms with E-state index in [1.165, 1.54) is 23.6 Å². The van der Waals surface area contributed by atoms with Crippen LogP contribution in [0, 0.1) is 22.7 Å². The molecule has 2 fully saturated rings. The van der Waals surface area contributed by atoms with E-state index in [9.17, 15) is 13.7 Å². The largest absolute Gasteiger partial charge is 0.276 e. The monoisotopic (exact) mass is 271 g/mol. The van der Waals surface area contributed by atoms with Crippen LogP contribution >= 0.6 is 0 Å². The Hall–Kier alpha value is -0.640.